The SMILES string of the molecule is CC(C)CCCCCCCCCCCCCCOCCO. The molecule has 0 saturated carbocycles. The third kappa shape index (κ3) is 19.9. The predicted molar refractivity (Wildman–Crippen MR) is 92.8 cm³/mol. The van der Waals surface area contributed by atoms with E-state index in [1.807, 2.05) is 0 Å². The van der Waals surface area contributed by atoms with E-state index in [1.54, 1.807) is 0 Å². The van der Waals surface area contributed by atoms with Crippen molar-refractivity contribution in [2.45, 2.75) is 97.3 Å². The fourth-order valence-corrected chi connectivity index (χ4v) is 2.69. The molecule has 0 spiro atoms. The Bertz CT molecular complexity index is 180. The number of hydrogen-bond acceptors (Lipinski definition) is 2. The van der Waals surface area contributed by atoms with Crippen LogP contribution in [-0.2, 0) is 4.74 Å². The molecule has 0 aliphatic rings. The van der Waals surface area contributed by atoms with E-state index in [0.29, 0.717) is 6.61 Å². The highest BCUT2D eigenvalue weighted by atomic mass is 16.5. The Morgan fingerprint density at radius 2 is 1.05 bits per heavy atom. The van der Waals surface area contributed by atoms with Gasteiger partial charge in [0, 0.05) is 6.61 Å². The average Bonchev–Trinajstić information content (AvgIpc) is 2.46. The van der Waals surface area contributed by atoms with Crippen LogP contribution in [0, 0.1) is 5.92 Å². The highest BCUT2D eigenvalue weighted by molar-refractivity contribution is 4.50. The minimum Gasteiger partial charge on any atom is -0.394 e. The summed E-state index contributed by atoms with van der Waals surface area (Å²) in [4.78, 5) is 0. The van der Waals surface area contributed by atoms with E-state index in [1.165, 1.54) is 77.0 Å². The van der Waals surface area contributed by atoms with Gasteiger partial charge in [0.25, 0.3) is 0 Å². The van der Waals surface area contributed by atoms with Crippen molar-refractivity contribution >= 4 is 0 Å². The molecule has 0 atom stereocenters. The molecule has 0 unspecified atom stereocenters. The normalized spacial score (nSPS) is 11.4. The van der Waals surface area contributed by atoms with Crippen LogP contribution in [0.1, 0.15) is 97.3 Å². The Labute approximate surface area is 133 Å². The fourth-order valence-electron chi connectivity index (χ4n) is 2.69. The van der Waals surface area contributed by atoms with Gasteiger partial charge in [-0.1, -0.05) is 90.9 Å². The maximum atomic E-state index is 8.57. The Morgan fingerprint density at radius 3 is 1.48 bits per heavy atom. The lowest BCUT2D eigenvalue weighted by Crippen LogP contribution is -2.00. The van der Waals surface area contributed by atoms with Crippen molar-refractivity contribution in [1.29, 1.82) is 0 Å². The lowest BCUT2D eigenvalue weighted by Gasteiger charge is -2.05. The first kappa shape index (κ1) is 20.9. The Balaban J connectivity index is 2.93. The molecule has 0 rings (SSSR count). The first-order chi connectivity index (χ1) is 10.3. The Hall–Kier alpha value is -0.0800. The number of hydrogen-bond donors (Lipinski definition) is 1. The van der Waals surface area contributed by atoms with Crippen molar-refractivity contribution in [2.75, 3.05) is 19.8 Å². The van der Waals surface area contributed by atoms with E-state index in [-0.39, 0.29) is 6.61 Å². The molecule has 0 aromatic rings. The van der Waals surface area contributed by atoms with E-state index in [0.717, 1.165) is 18.9 Å². The highest BCUT2D eigenvalue weighted by Crippen LogP contribution is 2.14. The third-order valence-electron chi connectivity index (χ3n) is 4.06. The van der Waals surface area contributed by atoms with E-state index >= 15 is 0 Å². The predicted octanol–water partition coefficient (Wildman–Crippen LogP) is 5.72. The largest absolute Gasteiger partial charge is 0.394 e. The average molecular weight is 301 g/mol. The summed E-state index contributed by atoms with van der Waals surface area (Å²) in [6, 6.07) is 0. The monoisotopic (exact) mass is 300 g/mol. The van der Waals surface area contributed by atoms with E-state index in [9.17, 15) is 0 Å². The smallest absolute Gasteiger partial charge is 0.0697 e. The minimum atomic E-state index is 0.151. The van der Waals surface area contributed by atoms with Gasteiger partial charge in [0.15, 0.2) is 0 Å². The molecule has 0 amide bonds. The maximum absolute atomic E-state index is 8.57. The van der Waals surface area contributed by atoms with E-state index < -0.39 is 0 Å². The van der Waals surface area contributed by atoms with Gasteiger partial charge in [0.1, 0.15) is 0 Å². The zero-order valence-electron chi connectivity index (χ0n) is 14.7. The minimum absolute atomic E-state index is 0.151. The summed E-state index contributed by atoms with van der Waals surface area (Å²) < 4.78 is 5.25. The zero-order valence-corrected chi connectivity index (χ0v) is 14.7. The molecular formula is C19H40O2. The molecule has 128 valence electrons. The van der Waals surface area contributed by atoms with Crippen LogP contribution in [0.4, 0.5) is 0 Å². The van der Waals surface area contributed by atoms with Crippen molar-refractivity contribution < 1.29 is 9.84 Å². The van der Waals surface area contributed by atoms with Gasteiger partial charge in [0.2, 0.25) is 0 Å². The number of unbranched alkanes of at least 4 members (excludes halogenated alkanes) is 11. The van der Waals surface area contributed by atoms with Crippen LogP contribution in [0.15, 0.2) is 0 Å². The molecule has 0 aliphatic heterocycles. The van der Waals surface area contributed by atoms with Crippen LogP contribution in [0.5, 0.6) is 0 Å². The number of aliphatic hydroxyl groups is 1. The summed E-state index contributed by atoms with van der Waals surface area (Å²) >= 11 is 0. The summed E-state index contributed by atoms with van der Waals surface area (Å²) in [5, 5.41) is 8.57. The van der Waals surface area contributed by atoms with Gasteiger partial charge in [-0.15, -0.1) is 0 Å². The molecule has 1 N–H and O–H groups in total. The van der Waals surface area contributed by atoms with Crippen molar-refractivity contribution in [3.63, 3.8) is 0 Å². The van der Waals surface area contributed by atoms with Crippen LogP contribution < -0.4 is 0 Å². The molecule has 0 saturated heterocycles. The quantitative estimate of drug-likeness (QED) is 0.348. The second kappa shape index (κ2) is 18.0. The fraction of sp³-hybridized carbons (Fsp3) is 1.00. The summed E-state index contributed by atoms with van der Waals surface area (Å²) in [5.41, 5.74) is 0. The van der Waals surface area contributed by atoms with Gasteiger partial charge in [0.05, 0.1) is 13.2 Å². The molecule has 0 aromatic heterocycles. The summed E-state index contributed by atoms with van der Waals surface area (Å²) in [6.07, 6.45) is 18.0. The second-order valence-electron chi connectivity index (χ2n) is 6.76. The van der Waals surface area contributed by atoms with Crippen molar-refractivity contribution in [3.05, 3.63) is 0 Å². The lowest BCUT2D eigenvalue weighted by atomic mass is 10.0. The van der Waals surface area contributed by atoms with Gasteiger partial charge in [-0.25, -0.2) is 0 Å². The maximum Gasteiger partial charge on any atom is 0.0697 e. The van der Waals surface area contributed by atoms with Crippen LogP contribution in [0.2, 0.25) is 0 Å². The van der Waals surface area contributed by atoms with Gasteiger partial charge < -0.3 is 9.84 Å². The van der Waals surface area contributed by atoms with Gasteiger partial charge in [-0.05, 0) is 12.3 Å². The molecule has 0 heterocycles. The molecule has 0 aromatic carbocycles. The first-order valence-electron chi connectivity index (χ1n) is 9.46. The van der Waals surface area contributed by atoms with Crippen LogP contribution >= 0.6 is 0 Å². The summed E-state index contributed by atoms with van der Waals surface area (Å²) in [6.45, 7) is 6.11. The number of ether oxygens (including phenoxy) is 1. The van der Waals surface area contributed by atoms with Crippen molar-refractivity contribution in [1.82, 2.24) is 0 Å². The molecule has 2 nitrogen and oxygen atoms in total. The molecule has 0 bridgehead atoms. The van der Waals surface area contributed by atoms with Crippen molar-refractivity contribution in [2.24, 2.45) is 5.92 Å². The topological polar surface area (TPSA) is 29.5 Å². The molecule has 2 heteroatoms. The molecule has 0 aliphatic carbocycles. The molecular weight excluding hydrogens is 260 g/mol. The van der Waals surface area contributed by atoms with Gasteiger partial charge >= 0.3 is 0 Å². The Morgan fingerprint density at radius 1 is 0.619 bits per heavy atom. The number of aliphatic hydroxyl groups excluding tert-OH is 1. The second-order valence-corrected chi connectivity index (χ2v) is 6.76. The first-order valence-corrected chi connectivity index (χ1v) is 9.46. The van der Waals surface area contributed by atoms with Crippen LogP contribution in [0.25, 0.3) is 0 Å². The molecule has 0 radical (unpaired) electrons. The number of rotatable bonds is 17. The van der Waals surface area contributed by atoms with Gasteiger partial charge in [-0.2, -0.15) is 0 Å². The van der Waals surface area contributed by atoms with Crippen molar-refractivity contribution in [3.8, 4) is 0 Å². The van der Waals surface area contributed by atoms with Gasteiger partial charge in [-0.3, -0.25) is 0 Å². The molecule has 0 fully saturated rings. The van der Waals surface area contributed by atoms with E-state index in [2.05, 4.69) is 13.8 Å². The van der Waals surface area contributed by atoms with Crippen LogP contribution in [0.3, 0.4) is 0 Å². The zero-order chi connectivity index (χ0) is 15.6. The highest BCUT2D eigenvalue weighted by Gasteiger charge is 1.96. The lowest BCUT2D eigenvalue weighted by molar-refractivity contribution is 0.0895. The third-order valence-corrected chi connectivity index (χ3v) is 4.06. The van der Waals surface area contributed by atoms with Crippen LogP contribution in [-0.4, -0.2) is 24.9 Å². The van der Waals surface area contributed by atoms with E-state index in [4.69, 9.17) is 9.84 Å². The Kier molecular flexibility index (Phi) is 17.9. The standard InChI is InChI=1S/C19H40O2/c1-19(2)15-13-11-9-7-5-3-4-6-8-10-12-14-17-21-18-16-20/h19-20H,3-18H2,1-2H3. The molecule has 21 heavy (non-hydrogen) atoms. The summed E-state index contributed by atoms with van der Waals surface area (Å²) in [7, 11) is 0. The summed E-state index contributed by atoms with van der Waals surface area (Å²) in [5.74, 6) is 0.881.